The fourth-order valence-corrected chi connectivity index (χ4v) is 3.29. The van der Waals surface area contributed by atoms with Gasteiger partial charge in [-0.1, -0.05) is 29.3 Å². The van der Waals surface area contributed by atoms with Crippen LogP contribution in [0.15, 0.2) is 42.5 Å². The number of benzene rings is 2. The van der Waals surface area contributed by atoms with Gasteiger partial charge in [-0.05, 0) is 48.9 Å². The average Bonchev–Trinajstić information content (AvgIpc) is 2.89. The van der Waals surface area contributed by atoms with Gasteiger partial charge in [-0.25, -0.2) is 4.90 Å². The fraction of sp³-hybridized carbons (Fsp3) is 0.263. The summed E-state index contributed by atoms with van der Waals surface area (Å²) in [6.45, 7) is 2.82. The number of halogens is 2. The first-order chi connectivity index (χ1) is 12.5. The van der Waals surface area contributed by atoms with Gasteiger partial charge in [0, 0.05) is 16.6 Å². The van der Waals surface area contributed by atoms with Crippen molar-refractivity contribution in [2.24, 2.45) is 0 Å². The lowest BCUT2D eigenvalue weighted by molar-refractivity contribution is -0.121. The van der Waals surface area contributed by atoms with E-state index < -0.39 is 6.04 Å². The molecule has 1 fully saturated rings. The normalized spacial score (nSPS) is 17.0. The molecule has 0 radical (unpaired) electrons. The monoisotopic (exact) mass is 392 g/mol. The Labute approximate surface area is 161 Å². The molecule has 5 nitrogen and oxygen atoms in total. The Morgan fingerprint density at radius 2 is 1.88 bits per heavy atom. The van der Waals surface area contributed by atoms with Gasteiger partial charge in [-0.3, -0.25) is 9.59 Å². The SMILES string of the molecule is CCOc1ccc(N2C(=O)CC(NCc3ccc(Cl)cc3Cl)C2=O)cc1. The smallest absolute Gasteiger partial charge is 0.251 e. The molecule has 0 aliphatic carbocycles. The summed E-state index contributed by atoms with van der Waals surface area (Å²) in [5.74, 6) is 0.186. The zero-order valence-electron chi connectivity index (χ0n) is 14.2. The highest BCUT2D eigenvalue weighted by atomic mass is 35.5. The van der Waals surface area contributed by atoms with E-state index in [4.69, 9.17) is 27.9 Å². The molecule has 2 aromatic carbocycles. The Morgan fingerprint density at radius 3 is 2.54 bits per heavy atom. The Bertz CT molecular complexity index is 824. The van der Waals surface area contributed by atoms with E-state index in [1.54, 1.807) is 42.5 Å². The van der Waals surface area contributed by atoms with E-state index in [9.17, 15) is 9.59 Å². The zero-order chi connectivity index (χ0) is 18.7. The molecule has 2 aromatic rings. The maximum Gasteiger partial charge on any atom is 0.251 e. The van der Waals surface area contributed by atoms with Gasteiger partial charge in [0.25, 0.3) is 5.91 Å². The fourth-order valence-electron chi connectivity index (χ4n) is 2.82. The molecule has 0 bridgehead atoms. The molecule has 1 aliphatic rings. The van der Waals surface area contributed by atoms with Crippen LogP contribution in [0.2, 0.25) is 10.0 Å². The summed E-state index contributed by atoms with van der Waals surface area (Å²) in [5, 5.41) is 4.17. The van der Waals surface area contributed by atoms with E-state index >= 15 is 0 Å². The van der Waals surface area contributed by atoms with Crippen LogP contribution in [0.5, 0.6) is 5.75 Å². The van der Waals surface area contributed by atoms with E-state index in [-0.39, 0.29) is 18.2 Å². The summed E-state index contributed by atoms with van der Waals surface area (Å²) >= 11 is 12.0. The van der Waals surface area contributed by atoms with E-state index in [1.165, 1.54) is 4.90 Å². The molecule has 1 heterocycles. The van der Waals surface area contributed by atoms with Gasteiger partial charge in [0.15, 0.2) is 0 Å². The van der Waals surface area contributed by atoms with Gasteiger partial charge < -0.3 is 10.1 Å². The molecule has 3 rings (SSSR count). The van der Waals surface area contributed by atoms with Crippen LogP contribution in [0.3, 0.4) is 0 Å². The Kier molecular flexibility index (Phi) is 5.81. The lowest BCUT2D eigenvalue weighted by Gasteiger charge is -2.16. The van der Waals surface area contributed by atoms with Crippen LogP contribution in [-0.4, -0.2) is 24.5 Å². The molecule has 2 amide bonds. The highest BCUT2D eigenvalue weighted by Gasteiger charge is 2.39. The second kappa shape index (κ2) is 8.08. The first-order valence-electron chi connectivity index (χ1n) is 8.26. The van der Waals surface area contributed by atoms with Crippen LogP contribution in [0.1, 0.15) is 18.9 Å². The number of ether oxygens (including phenoxy) is 1. The third kappa shape index (κ3) is 4.01. The molecule has 1 atom stereocenters. The van der Waals surface area contributed by atoms with Crippen LogP contribution in [-0.2, 0) is 16.1 Å². The predicted molar refractivity (Wildman–Crippen MR) is 102 cm³/mol. The molecule has 26 heavy (non-hydrogen) atoms. The van der Waals surface area contributed by atoms with Gasteiger partial charge in [0.1, 0.15) is 5.75 Å². The number of amides is 2. The van der Waals surface area contributed by atoms with Crippen molar-refractivity contribution >= 4 is 40.7 Å². The van der Waals surface area contributed by atoms with Crippen molar-refractivity contribution in [1.29, 1.82) is 0 Å². The molecule has 1 aliphatic heterocycles. The van der Waals surface area contributed by atoms with Gasteiger partial charge >= 0.3 is 0 Å². The summed E-state index contributed by atoms with van der Waals surface area (Å²) in [6.07, 6.45) is 0.108. The first-order valence-corrected chi connectivity index (χ1v) is 9.02. The van der Waals surface area contributed by atoms with Gasteiger partial charge in [-0.15, -0.1) is 0 Å². The molecule has 1 N–H and O–H groups in total. The quantitative estimate of drug-likeness (QED) is 0.759. The lowest BCUT2D eigenvalue weighted by atomic mass is 10.2. The van der Waals surface area contributed by atoms with Crippen molar-refractivity contribution in [2.45, 2.75) is 25.9 Å². The topological polar surface area (TPSA) is 58.6 Å². The minimum Gasteiger partial charge on any atom is -0.494 e. The average molecular weight is 393 g/mol. The highest BCUT2D eigenvalue weighted by molar-refractivity contribution is 6.35. The second-order valence-corrected chi connectivity index (χ2v) is 6.71. The van der Waals surface area contributed by atoms with Crippen LogP contribution in [0, 0.1) is 0 Å². The standard InChI is InChI=1S/C19H18Cl2N2O3/c1-2-26-15-7-5-14(6-8-15)23-18(24)10-17(19(23)25)22-11-12-3-4-13(20)9-16(12)21/h3-9,17,22H,2,10-11H2,1H3. The van der Waals surface area contributed by atoms with E-state index in [0.29, 0.717) is 34.6 Å². The lowest BCUT2D eigenvalue weighted by Crippen LogP contribution is -2.38. The molecule has 0 spiro atoms. The maximum absolute atomic E-state index is 12.6. The minimum absolute atomic E-state index is 0.108. The van der Waals surface area contributed by atoms with Crippen LogP contribution < -0.4 is 15.0 Å². The zero-order valence-corrected chi connectivity index (χ0v) is 15.7. The third-order valence-corrected chi connectivity index (χ3v) is 4.69. The molecule has 0 aromatic heterocycles. The van der Waals surface area contributed by atoms with Crippen molar-refractivity contribution in [3.05, 3.63) is 58.1 Å². The highest BCUT2D eigenvalue weighted by Crippen LogP contribution is 2.26. The van der Waals surface area contributed by atoms with Crippen molar-refractivity contribution in [3.63, 3.8) is 0 Å². The Morgan fingerprint density at radius 1 is 1.15 bits per heavy atom. The van der Waals surface area contributed by atoms with E-state index in [0.717, 1.165) is 5.56 Å². The van der Waals surface area contributed by atoms with E-state index in [1.807, 2.05) is 6.92 Å². The first kappa shape index (κ1) is 18.7. The predicted octanol–water partition coefficient (Wildman–Crippen LogP) is 3.81. The number of hydrogen-bond donors (Lipinski definition) is 1. The van der Waals surface area contributed by atoms with Gasteiger partial charge in [0.2, 0.25) is 5.91 Å². The molecule has 7 heteroatoms. The summed E-state index contributed by atoms with van der Waals surface area (Å²) in [6, 6.07) is 11.5. The molecule has 1 saturated heterocycles. The largest absolute Gasteiger partial charge is 0.494 e. The van der Waals surface area contributed by atoms with Crippen molar-refractivity contribution < 1.29 is 14.3 Å². The summed E-state index contributed by atoms with van der Waals surface area (Å²) in [5.41, 5.74) is 1.35. The number of nitrogens with one attached hydrogen (secondary N) is 1. The van der Waals surface area contributed by atoms with Gasteiger partial charge in [0.05, 0.1) is 24.8 Å². The van der Waals surface area contributed by atoms with Crippen molar-refractivity contribution in [1.82, 2.24) is 5.32 Å². The summed E-state index contributed by atoms with van der Waals surface area (Å²) < 4.78 is 5.38. The summed E-state index contributed by atoms with van der Waals surface area (Å²) in [4.78, 5) is 26.2. The number of hydrogen-bond acceptors (Lipinski definition) is 4. The van der Waals surface area contributed by atoms with Crippen LogP contribution in [0.4, 0.5) is 5.69 Å². The van der Waals surface area contributed by atoms with Crippen LogP contribution >= 0.6 is 23.2 Å². The number of anilines is 1. The maximum atomic E-state index is 12.6. The van der Waals surface area contributed by atoms with Crippen molar-refractivity contribution in [2.75, 3.05) is 11.5 Å². The Balaban J connectivity index is 1.68. The second-order valence-electron chi connectivity index (χ2n) is 5.87. The minimum atomic E-state index is -0.583. The van der Waals surface area contributed by atoms with Crippen molar-refractivity contribution in [3.8, 4) is 5.75 Å². The van der Waals surface area contributed by atoms with Gasteiger partial charge in [-0.2, -0.15) is 0 Å². The van der Waals surface area contributed by atoms with E-state index in [2.05, 4.69) is 5.32 Å². The number of carbonyl (C=O) groups excluding carboxylic acids is 2. The number of rotatable bonds is 6. The van der Waals surface area contributed by atoms with Crippen LogP contribution in [0.25, 0.3) is 0 Å². The summed E-state index contributed by atoms with van der Waals surface area (Å²) in [7, 11) is 0. The molecule has 0 saturated carbocycles. The number of carbonyl (C=O) groups is 2. The Hall–Kier alpha value is -2.08. The molecule has 1 unspecified atom stereocenters. The molecular formula is C19H18Cl2N2O3. The third-order valence-electron chi connectivity index (χ3n) is 4.11. The number of nitrogens with zero attached hydrogens (tertiary/aromatic N) is 1. The molecular weight excluding hydrogens is 375 g/mol. The molecule has 136 valence electrons. The number of imide groups is 1.